The Balaban J connectivity index is 2.14. The molecule has 1 unspecified atom stereocenters. The molecule has 2 aromatic heterocycles. The summed E-state index contributed by atoms with van der Waals surface area (Å²) in [7, 11) is 0. The number of carbonyl (C=O) groups excluding carboxylic acids is 1. The third-order valence-corrected chi connectivity index (χ3v) is 2.86. The van der Waals surface area contributed by atoms with Crippen LogP contribution < -0.4 is 4.90 Å². The summed E-state index contributed by atoms with van der Waals surface area (Å²) in [5.74, 6) is 0.424. The molecule has 17 heavy (non-hydrogen) atoms. The number of pyridine rings is 2. The number of aliphatic hydroxyl groups excluding tert-OH is 1. The molecule has 0 spiro atoms. The molecule has 0 aromatic carbocycles. The average molecular weight is 229 g/mol. The van der Waals surface area contributed by atoms with Crippen molar-refractivity contribution in [2.75, 3.05) is 11.4 Å². The second-order valence-electron chi connectivity index (χ2n) is 4.07. The van der Waals surface area contributed by atoms with Crippen LogP contribution in [0, 0.1) is 0 Å². The zero-order valence-electron chi connectivity index (χ0n) is 9.08. The van der Waals surface area contributed by atoms with Crippen molar-refractivity contribution in [2.24, 2.45) is 0 Å². The van der Waals surface area contributed by atoms with Crippen molar-refractivity contribution in [3.63, 3.8) is 0 Å². The van der Waals surface area contributed by atoms with Gasteiger partial charge in [-0.1, -0.05) is 6.07 Å². The Morgan fingerprint density at radius 2 is 2.18 bits per heavy atom. The summed E-state index contributed by atoms with van der Waals surface area (Å²) in [5, 5.41) is 10.4. The van der Waals surface area contributed by atoms with Crippen LogP contribution in [0.5, 0.6) is 0 Å². The normalized spacial score (nSPS) is 20.2. The SMILES string of the molecule is O=C1CC(O)CN1c1nccc2cccnc12. The van der Waals surface area contributed by atoms with E-state index >= 15 is 0 Å². The quantitative estimate of drug-likeness (QED) is 0.782. The molecule has 1 saturated heterocycles. The van der Waals surface area contributed by atoms with Crippen LogP contribution in [0.25, 0.3) is 10.9 Å². The van der Waals surface area contributed by atoms with Gasteiger partial charge in [-0.15, -0.1) is 0 Å². The number of aromatic nitrogens is 2. The minimum Gasteiger partial charge on any atom is -0.391 e. The molecule has 1 aliphatic heterocycles. The van der Waals surface area contributed by atoms with Gasteiger partial charge in [0.1, 0.15) is 5.52 Å². The van der Waals surface area contributed by atoms with E-state index in [1.807, 2.05) is 18.2 Å². The van der Waals surface area contributed by atoms with Gasteiger partial charge in [-0.25, -0.2) is 4.98 Å². The van der Waals surface area contributed by atoms with Gasteiger partial charge in [0.25, 0.3) is 0 Å². The smallest absolute Gasteiger partial charge is 0.230 e. The number of nitrogens with zero attached hydrogens (tertiary/aromatic N) is 3. The topological polar surface area (TPSA) is 66.3 Å². The Morgan fingerprint density at radius 1 is 1.29 bits per heavy atom. The van der Waals surface area contributed by atoms with Crippen LogP contribution in [0.4, 0.5) is 5.82 Å². The van der Waals surface area contributed by atoms with Crippen LogP contribution >= 0.6 is 0 Å². The second kappa shape index (κ2) is 3.78. The van der Waals surface area contributed by atoms with Gasteiger partial charge >= 0.3 is 0 Å². The lowest BCUT2D eigenvalue weighted by Gasteiger charge is -2.15. The zero-order valence-corrected chi connectivity index (χ0v) is 9.08. The maximum absolute atomic E-state index is 11.7. The maximum Gasteiger partial charge on any atom is 0.230 e. The number of fused-ring (bicyclic) bond motifs is 1. The van der Waals surface area contributed by atoms with E-state index in [0.717, 1.165) is 5.39 Å². The number of anilines is 1. The van der Waals surface area contributed by atoms with Crippen molar-refractivity contribution < 1.29 is 9.90 Å². The van der Waals surface area contributed by atoms with Crippen LogP contribution in [0.3, 0.4) is 0 Å². The molecular weight excluding hydrogens is 218 g/mol. The first-order valence-electron chi connectivity index (χ1n) is 5.44. The molecule has 0 bridgehead atoms. The summed E-state index contributed by atoms with van der Waals surface area (Å²) in [6, 6.07) is 5.61. The monoisotopic (exact) mass is 229 g/mol. The number of β-amino-alcohol motifs (C(OH)–C–C–N with tert-alkyl or cyclic N) is 1. The van der Waals surface area contributed by atoms with Gasteiger partial charge in [-0.2, -0.15) is 0 Å². The highest BCUT2D eigenvalue weighted by Gasteiger charge is 2.31. The number of amides is 1. The van der Waals surface area contributed by atoms with Crippen molar-refractivity contribution in [1.82, 2.24) is 9.97 Å². The van der Waals surface area contributed by atoms with Gasteiger partial charge in [0.2, 0.25) is 5.91 Å². The van der Waals surface area contributed by atoms with E-state index in [9.17, 15) is 9.90 Å². The molecule has 1 atom stereocenters. The van der Waals surface area contributed by atoms with Gasteiger partial charge in [0.15, 0.2) is 5.82 Å². The minimum absolute atomic E-state index is 0.108. The van der Waals surface area contributed by atoms with E-state index < -0.39 is 6.10 Å². The molecule has 1 N–H and O–H groups in total. The van der Waals surface area contributed by atoms with E-state index in [1.54, 1.807) is 12.4 Å². The number of aliphatic hydroxyl groups is 1. The molecule has 1 amide bonds. The summed E-state index contributed by atoms with van der Waals surface area (Å²) in [6.07, 6.45) is 2.87. The highest BCUT2D eigenvalue weighted by Crippen LogP contribution is 2.25. The van der Waals surface area contributed by atoms with E-state index in [-0.39, 0.29) is 12.3 Å². The highest BCUT2D eigenvalue weighted by molar-refractivity contribution is 6.01. The summed E-state index contributed by atoms with van der Waals surface area (Å²) < 4.78 is 0. The lowest BCUT2D eigenvalue weighted by molar-refractivity contribution is -0.117. The Labute approximate surface area is 97.7 Å². The molecule has 1 aliphatic rings. The van der Waals surface area contributed by atoms with E-state index in [1.165, 1.54) is 4.90 Å². The second-order valence-corrected chi connectivity index (χ2v) is 4.07. The van der Waals surface area contributed by atoms with E-state index in [4.69, 9.17) is 0 Å². The molecule has 5 nitrogen and oxygen atoms in total. The first kappa shape index (κ1) is 10.2. The molecule has 86 valence electrons. The van der Waals surface area contributed by atoms with Crippen molar-refractivity contribution in [3.05, 3.63) is 30.6 Å². The predicted molar refractivity (Wildman–Crippen MR) is 62.5 cm³/mol. The van der Waals surface area contributed by atoms with Crippen LogP contribution in [-0.2, 0) is 4.79 Å². The number of rotatable bonds is 1. The highest BCUT2D eigenvalue weighted by atomic mass is 16.3. The van der Waals surface area contributed by atoms with Gasteiger partial charge < -0.3 is 5.11 Å². The first-order valence-corrected chi connectivity index (χ1v) is 5.44. The summed E-state index contributed by atoms with van der Waals surface area (Å²) in [6.45, 7) is 0.293. The number of hydrogen-bond acceptors (Lipinski definition) is 4. The fraction of sp³-hybridized carbons (Fsp3) is 0.250. The summed E-state index contributed by atoms with van der Waals surface area (Å²) in [5.41, 5.74) is 0.692. The summed E-state index contributed by atoms with van der Waals surface area (Å²) in [4.78, 5) is 21.7. The fourth-order valence-corrected chi connectivity index (χ4v) is 2.08. The molecule has 2 aromatic rings. The lowest BCUT2D eigenvalue weighted by atomic mass is 10.2. The minimum atomic E-state index is -0.608. The fourth-order valence-electron chi connectivity index (χ4n) is 2.08. The molecule has 0 saturated carbocycles. The molecular formula is C12H11N3O2. The Morgan fingerprint density at radius 3 is 2.94 bits per heavy atom. The molecule has 3 rings (SSSR count). The van der Waals surface area contributed by atoms with Crippen molar-refractivity contribution in [1.29, 1.82) is 0 Å². The standard InChI is InChI=1S/C12H11N3O2/c16-9-6-10(17)15(7-9)12-11-8(3-5-14-12)2-1-4-13-11/h1-5,9,16H,6-7H2. The third kappa shape index (κ3) is 1.64. The molecule has 5 heteroatoms. The lowest BCUT2D eigenvalue weighted by Crippen LogP contribution is -2.26. The Bertz CT molecular complexity index is 579. The van der Waals surface area contributed by atoms with Gasteiger partial charge in [0, 0.05) is 17.8 Å². The van der Waals surface area contributed by atoms with Crippen molar-refractivity contribution in [2.45, 2.75) is 12.5 Å². The van der Waals surface area contributed by atoms with Crippen LogP contribution in [0.2, 0.25) is 0 Å². The molecule has 3 heterocycles. The van der Waals surface area contributed by atoms with Gasteiger partial charge in [0.05, 0.1) is 19.1 Å². The number of carbonyl (C=O) groups is 1. The van der Waals surface area contributed by atoms with Crippen molar-refractivity contribution >= 4 is 22.6 Å². The molecule has 1 fully saturated rings. The molecule has 0 aliphatic carbocycles. The largest absolute Gasteiger partial charge is 0.391 e. The predicted octanol–water partition coefficient (Wildman–Crippen LogP) is 0.727. The van der Waals surface area contributed by atoms with Crippen molar-refractivity contribution in [3.8, 4) is 0 Å². The summed E-state index contributed by atoms with van der Waals surface area (Å²) >= 11 is 0. The Kier molecular flexibility index (Phi) is 2.26. The van der Waals surface area contributed by atoms with E-state index in [0.29, 0.717) is 17.9 Å². The van der Waals surface area contributed by atoms with Gasteiger partial charge in [-0.05, 0) is 12.1 Å². The third-order valence-electron chi connectivity index (χ3n) is 2.86. The maximum atomic E-state index is 11.7. The van der Waals surface area contributed by atoms with E-state index in [2.05, 4.69) is 9.97 Å². The van der Waals surface area contributed by atoms with Crippen LogP contribution in [0.15, 0.2) is 30.6 Å². The average Bonchev–Trinajstić information content (AvgIpc) is 2.68. The molecule has 0 radical (unpaired) electrons. The first-order chi connectivity index (χ1) is 8.25. The Hall–Kier alpha value is -2.01. The number of hydrogen-bond donors (Lipinski definition) is 1. The van der Waals surface area contributed by atoms with Crippen LogP contribution in [0.1, 0.15) is 6.42 Å². The van der Waals surface area contributed by atoms with Gasteiger partial charge in [-0.3, -0.25) is 14.7 Å². The zero-order chi connectivity index (χ0) is 11.8. The van der Waals surface area contributed by atoms with Crippen LogP contribution in [-0.4, -0.2) is 33.6 Å².